The second kappa shape index (κ2) is 6.62. The Bertz CT molecular complexity index is 1630. The van der Waals surface area contributed by atoms with Crippen LogP contribution in [0.2, 0.25) is 0 Å². The van der Waals surface area contributed by atoms with Crippen molar-refractivity contribution in [2.45, 2.75) is 45.6 Å². The van der Waals surface area contributed by atoms with Gasteiger partial charge in [-0.2, -0.15) is 0 Å². The lowest BCUT2D eigenvalue weighted by Crippen LogP contribution is -2.06. The Hall–Kier alpha value is -3.26. The summed E-state index contributed by atoms with van der Waals surface area (Å²) in [4.78, 5) is 0. The summed E-state index contributed by atoms with van der Waals surface area (Å²) in [6.07, 6.45) is 10.6. The summed E-state index contributed by atoms with van der Waals surface area (Å²) >= 11 is 0. The number of para-hydroxylation sites is 1. The van der Waals surface area contributed by atoms with E-state index in [1.807, 2.05) is 0 Å². The van der Waals surface area contributed by atoms with Gasteiger partial charge in [0.05, 0.1) is 11.0 Å². The molecule has 0 aliphatic heterocycles. The average Bonchev–Trinajstić information content (AvgIpc) is 3.29. The fraction of sp³-hybridized carbons (Fsp3) is 0.267. The molecule has 0 fully saturated rings. The molecule has 0 saturated heterocycles. The predicted molar refractivity (Wildman–Crippen MR) is 137 cm³/mol. The molecule has 3 aromatic carbocycles. The average molecular weight is 417 g/mol. The van der Waals surface area contributed by atoms with Gasteiger partial charge in [0.2, 0.25) is 0 Å². The van der Waals surface area contributed by atoms with Crippen LogP contribution in [-0.4, -0.2) is 9.13 Å². The van der Waals surface area contributed by atoms with E-state index in [0.717, 1.165) is 19.4 Å². The van der Waals surface area contributed by atoms with Crippen LogP contribution in [0.5, 0.6) is 0 Å². The lowest BCUT2D eigenvalue weighted by atomic mass is 9.80. The summed E-state index contributed by atoms with van der Waals surface area (Å²) < 4.78 is 4.93. The molecule has 5 aromatic rings. The van der Waals surface area contributed by atoms with Gasteiger partial charge in [0, 0.05) is 46.2 Å². The highest BCUT2D eigenvalue weighted by Gasteiger charge is 2.22. The van der Waals surface area contributed by atoms with Crippen molar-refractivity contribution >= 4 is 49.2 Å². The van der Waals surface area contributed by atoms with E-state index < -0.39 is 0 Å². The number of rotatable bonds is 2. The minimum Gasteiger partial charge on any atom is -0.344 e. The molecule has 2 nitrogen and oxygen atoms in total. The summed E-state index contributed by atoms with van der Waals surface area (Å²) in [5.74, 6) is 0. The molecule has 32 heavy (non-hydrogen) atoms. The molecule has 7 rings (SSSR count). The zero-order chi connectivity index (χ0) is 21.4. The Labute approximate surface area is 188 Å². The molecule has 2 aliphatic carbocycles. The maximum Gasteiger partial charge on any atom is 0.0512 e. The van der Waals surface area contributed by atoms with Crippen LogP contribution in [0.3, 0.4) is 0 Å². The van der Waals surface area contributed by atoms with Crippen LogP contribution in [0.15, 0.2) is 66.3 Å². The molecule has 0 radical (unpaired) electrons. The van der Waals surface area contributed by atoms with Crippen LogP contribution in [0.1, 0.15) is 43.7 Å². The third-order valence-corrected chi connectivity index (χ3v) is 7.83. The Morgan fingerprint density at radius 2 is 1.59 bits per heavy atom. The highest BCUT2D eigenvalue weighted by Crippen LogP contribution is 2.42. The van der Waals surface area contributed by atoms with Gasteiger partial charge in [-0.05, 0) is 84.7 Å². The first-order valence-corrected chi connectivity index (χ1v) is 12.1. The van der Waals surface area contributed by atoms with Gasteiger partial charge < -0.3 is 9.13 Å². The highest BCUT2D eigenvalue weighted by molar-refractivity contribution is 6.18. The number of hydrogen-bond acceptors (Lipinski definition) is 0. The summed E-state index contributed by atoms with van der Waals surface area (Å²) in [5.41, 5.74) is 11.6. The number of fused-ring (bicyclic) bond motifs is 8. The lowest BCUT2D eigenvalue weighted by Gasteiger charge is -2.24. The number of allylic oxidation sites excluding steroid dienone is 4. The Balaban J connectivity index is 1.57. The molecular formula is C30H28N2. The number of aromatic nitrogens is 2. The fourth-order valence-electron chi connectivity index (χ4n) is 6.31. The van der Waals surface area contributed by atoms with Gasteiger partial charge in [-0.25, -0.2) is 0 Å². The second-order valence-corrected chi connectivity index (χ2v) is 9.59. The lowest BCUT2D eigenvalue weighted by molar-refractivity contribution is 0.724. The van der Waals surface area contributed by atoms with E-state index in [1.165, 1.54) is 74.0 Å². The van der Waals surface area contributed by atoms with Crippen LogP contribution in [0.4, 0.5) is 0 Å². The van der Waals surface area contributed by atoms with E-state index in [9.17, 15) is 0 Å². The summed E-state index contributed by atoms with van der Waals surface area (Å²) in [5, 5.41) is 5.55. The van der Waals surface area contributed by atoms with E-state index in [2.05, 4.69) is 83.8 Å². The Morgan fingerprint density at radius 3 is 2.50 bits per heavy atom. The van der Waals surface area contributed by atoms with Crippen molar-refractivity contribution in [1.82, 2.24) is 9.13 Å². The van der Waals surface area contributed by atoms with Crippen molar-refractivity contribution in [2.24, 2.45) is 7.05 Å². The van der Waals surface area contributed by atoms with Crippen LogP contribution >= 0.6 is 0 Å². The fourth-order valence-corrected chi connectivity index (χ4v) is 6.31. The van der Waals surface area contributed by atoms with E-state index in [-0.39, 0.29) is 0 Å². The normalized spacial score (nSPS) is 15.9. The Morgan fingerprint density at radius 1 is 0.781 bits per heavy atom. The molecular weight excluding hydrogens is 388 g/mol. The van der Waals surface area contributed by atoms with Gasteiger partial charge in [0.25, 0.3) is 0 Å². The van der Waals surface area contributed by atoms with Crippen molar-refractivity contribution in [1.29, 1.82) is 0 Å². The SMILES string of the molecule is CCCn1c2ccccc2c2cc3c4cc5c(cc4n(C)c3cc21)C1=C(C=CCC1)CC5. The first-order chi connectivity index (χ1) is 15.7. The summed E-state index contributed by atoms with van der Waals surface area (Å²) in [6, 6.07) is 18.8. The molecule has 0 bridgehead atoms. The van der Waals surface area contributed by atoms with E-state index in [4.69, 9.17) is 0 Å². The van der Waals surface area contributed by atoms with Gasteiger partial charge in [-0.3, -0.25) is 0 Å². The molecule has 0 spiro atoms. The van der Waals surface area contributed by atoms with Gasteiger partial charge in [-0.1, -0.05) is 37.3 Å². The zero-order valence-electron chi connectivity index (χ0n) is 18.9. The van der Waals surface area contributed by atoms with Gasteiger partial charge >= 0.3 is 0 Å². The van der Waals surface area contributed by atoms with Crippen LogP contribution in [-0.2, 0) is 20.0 Å². The highest BCUT2D eigenvalue weighted by atomic mass is 15.0. The van der Waals surface area contributed by atoms with Crippen molar-refractivity contribution in [3.05, 3.63) is 77.4 Å². The molecule has 158 valence electrons. The minimum absolute atomic E-state index is 1.05. The zero-order valence-corrected chi connectivity index (χ0v) is 18.9. The number of nitrogens with zero attached hydrogens (tertiary/aromatic N) is 2. The first kappa shape index (κ1) is 18.3. The van der Waals surface area contributed by atoms with E-state index in [1.54, 1.807) is 11.1 Å². The van der Waals surface area contributed by atoms with Crippen molar-refractivity contribution < 1.29 is 0 Å². The van der Waals surface area contributed by atoms with Gasteiger partial charge in [0.1, 0.15) is 0 Å². The van der Waals surface area contributed by atoms with Crippen molar-refractivity contribution in [3.8, 4) is 0 Å². The quantitative estimate of drug-likeness (QED) is 0.277. The van der Waals surface area contributed by atoms with Gasteiger partial charge in [0.15, 0.2) is 0 Å². The Kier molecular flexibility index (Phi) is 3.79. The molecule has 2 heteroatoms. The second-order valence-electron chi connectivity index (χ2n) is 9.59. The molecule has 2 aliphatic rings. The largest absolute Gasteiger partial charge is 0.344 e. The predicted octanol–water partition coefficient (Wildman–Crippen LogP) is 7.90. The third kappa shape index (κ3) is 2.35. The van der Waals surface area contributed by atoms with E-state index in [0.29, 0.717) is 0 Å². The monoisotopic (exact) mass is 416 g/mol. The summed E-state index contributed by atoms with van der Waals surface area (Å²) in [7, 11) is 2.24. The number of hydrogen-bond donors (Lipinski definition) is 0. The number of benzene rings is 3. The molecule has 0 saturated carbocycles. The minimum atomic E-state index is 1.05. The molecule has 2 heterocycles. The molecule has 0 unspecified atom stereocenters. The topological polar surface area (TPSA) is 9.86 Å². The van der Waals surface area contributed by atoms with Crippen LogP contribution in [0, 0.1) is 0 Å². The van der Waals surface area contributed by atoms with Crippen LogP contribution < -0.4 is 0 Å². The molecule has 0 N–H and O–H groups in total. The van der Waals surface area contributed by atoms with Crippen molar-refractivity contribution in [2.75, 3.05) is 0 Å². The van der Waals surface area contributed by atoms with E-state index >= 15 is 0 Å². The smallest absolute Gasteiger partial charge is 0.0512 e. The molecule has 0 amide bonds. The van der Waals surface area contributed by atoms with Crippen molar-refractivity contribution in [3.63, 3.8) is 0 Å². The first-order valence-electron chi connectivity index (χ1n) is 12.1. The van der Waals surface area contributed by atoms with Crippen LogP contribution in [0.25, 0.3) is 49.2 Å². The van der Waals surface area contributed by atoms with Gasteiger partial charge in [-0.15, -0.1) is 0 Å². The number of aryl methyl sites for hydroxylation is 3. The molecule has 0 atom stereocenters. The molecule has 2 aromatic heterocycles. The maximum atomic E-state index is 2.51. The third-order valence-electron chi connectivity index (χ3n) is 7.83. The standard InChI is InChI=1S/C30H28N2/c1-3-14-32-27-11-7-6-10-22(27)25-16-26-24-15-20-13-12-19-8-4-5-9-21(19)23(20)17-28(24)31(2)29(26)18-30(25)32/h4,6-8,10-11,15-18H,3,5,9,12-14H2,1-2H3. The maximum absolute atomic E-state index is 2.51. The summed E-state index contributed by atoms with van der Waals surface area (Å²) in [6.45, 7) is 3.32.